The molecule has 1 aromatic rings. The minimum atomic E-state index is -0.385. The summed E-state index contributed by atoms with van der Waals surface area (Å²) in [4.78, 5) is 14.6. The first-order valence-electron chi connectivity index (χ1n) is 4.05. The Kier molecular flexibility index (Phi) is 2.97. The normalized spacial score (nSPS) is 12.5. The number of aromatic nitrogens is 1. The van der Waals surface area contributed by atoms with Crippen molar-refractivity contribution in [3.05, 3.63) is 29.6 Å². The first-order valence-corrected chi connectivity index (χ1v) is 4.05. The molecule has 1 unspecified atom stereocenters. The van der Waals surface area contributed by atoms with Crippen LogP contribution in [0.15, 0.2) is 18.5 Å². The monoisotopic (exact) mass is 179 g/mol. The van der Waals surface area contributed by atoms with Crippen LogP contribution in [-0.4, -0.2) is 10.9 Å². The quantitative estimate of drug-likeness (QED) is 0.698. The summed E-state index contributed by atoms with van der Waals surface area (Å²) in [6.45, 7) is 1.91. The summed E-state index contributed by atoms with van der Waals surface area (Å²) in [5.41, 5.74) is 12.7. The number of carbonyl (C=O) groups is 1. The zero-order valence-electron chi connectivity index (χ0n) is 7.53. The van der Waals surface area contributed by atoms with Crippen molar-refractivity contribution in [2.75, 3.05) is 0 Å². The first kappa shape index (κ1) is 9.67. The molecule has 0 aliphatic heterocycles. The molecule has 0 aliphatic rings. The van der Waals surface area contributed by atoms with E-state index < -0.39 is 0 Å². The fourth-order valence-corrected chi connectivity index (χ4v) is 1.23. The third-order valence-electron chi connectivity index (χ3n) is 1.88. The van der Waals surface area contributed by atoms with Gasteiger partial charge in [0.15, 0.2) is 0 Å². The number of pyridine rings is 1. The average molecular weight is 179 g/mol. The highest BCUT2D eigenvalue weighted by Crippen LogP contribution is 2.16. The van der Waals surface area contributed by atoms with Gasteiger partial charge in [0, 0.05) is 24.9 Å². The molecule has 0 saturated carbocycles. The second kappa shape index (κ2) is 4.00. The summed E-state index contributed by atoms with van der Waals surface area (Å²) in [5.74, 6) is -0.385. The molecule has 1 aromatic heterocycles. The van der Waals surface area contributed by atoms with E-state index in [4.69, 9.17) is 11.5 Å². The molecule has 70 valence electrons. The van der Waals surface area contributed by atoms with Crippen LogP contribution in [0.2, 0.25) is 0 Å². The van der Waals surface area contributed by atoms with Gasteiger partial charge in [-0.15, -0.1) is 0 Å². The number of aryl methyl sites for hydroxylation is 1. The fourth-order valence-electron chi connectivity index (χ4n) is 1.23. The predicted molar refractivity (Wildman–Crippen MR) is 49.7 cm³/mol. The lowest BCUT2D eigenvalue weighted by molar-refractivity contribution is -0.118. The van der Waals surface area contributed by atoms with E-state index in [0.29, 0.717) is 0 Å². The zero-order valence-corrected chi connectivity index (χ0v) is 7.53. The van der Waals surface area contributed by atoms with Gasteiger partial charge in [-0.2, -0.15) is 0 Å². The Morgan fingerprint density at radius 1 is 1.69 bits per heavy atom. The minimum Gasteiger partial charge on any atom is -0.370 e. The predicted octanol–water partition coefficient (Wildman–Crippen LogP) is 0.265. The highest BCUT2D eigenvalue weighted by atomic mass is 16.1. The summed E-state index contributed by atoms with van der Waals surface area (Å²) < 4.78 is 0. The number of hydrogen-bond donors (Lipinski definition) is 2. The topological polar surface area (TPSA) is 82.0 Å². The van der Waals surface area contributed by atoms with E-state index in [2.05, 4.69) is 4.98 Å². The van der Waals surface area contributed by atoms with Crippen LogP contribution < -0.4 is 11.5 Å². The number of nitrogens with two attached hydrogens (primary N) is 2. The lowest BCUT2D eigenvalue weighted by atomic mass is 10.0. The van der Waals surface area contributed by atoms with E-state index in [1.54, 1.807) is 12.4 Å². The van der Waals surface area contributed by atoms with Crippen molar-refractivity contribution in [1.29, 1.82) is 0 Å². The van der Waals surface area contributed by atoms with Crippen LogP contribution in [-0.2, 0) is 4.79 Å². The molecule has 0 radical (unpaired) electrons. The molecular weight excluding hydrogens is 166 g/mol. The van der Waals surface area contributed by atoms with Crippen molar-refractivity contribution >= 4 is 5.91 Å². The minimum absolute atomic E-state index is 0.171. The van der Waals surface area contributed by atoms with Crippen LogP contribution in [0.5, 0.6) is 0 Å². The highest BCUT2D eigenvalue weighted by Gasteiger charge is 2.10. The van der Waals surface area contributed by atoms with Crippen LogP contribution in [0.1, 0.15) is 23.6 Å². The molecule has 0 aromatic carbocycles. The van der Waals surface area contributed by atoms with Gasteiger partial charge in [-0.05, 0) is 24.1 Å². The van der Waals surface area contributed by atoms with Crippen molar-refractivity contribution in [3.63, 3.8) is 0 Å². The second-order valence-electron chi connectivity index (χ2n) is 3.01. The van der Waals surface area contributed by atoms with Gasteiger partial charge in [0.05, 0.1) is 0 Å². The Balaban J connectivity index is 2.82. The third kappa shape index (κ3) is 2.52. The van der Waals surface area contributed by atoms with Crippen molar-refractivity contribution in [2.24, 2.45) is 11.5 Å². The molecule has 0 bridgehead atoms. The Morgan fingerprint density at radius 2 is 2.38 bits per heavy atom. The summed E-state index contributed by atoms with van der Waals surface area (Å²) in [5, 5.41) is 0. The van der Waals surface area contributed by atoms with E-state index in [-0.39, 0.29) is 18.4 Å². The van der Waals surface area contributed by atoms with Crippen LogP contribution >= 0.6 is 0 Å². The van der Waals surface area contributed by atoms with Crippen molar-refractivity contribution in [3.8, 4) is 0 Å². The standard InChI is InChI=1S/C9H13N3O/c1-6-5-12-3-2-7(6)8(10)4-9(11)13/h2-3,5,8H,4,10H2,1H3,(H2,11,13). The maximum atomic E-state index is 10.6. The maximum Gasteiger partial charge on any atom is 0.219 e. The molecule has 4 heteroatoms. The van der Waals surface area contributed by atoms with Gasteiger partial charge in [-0.1, -0.05) is 0 Å². The second-order valence-corrected chi connectivity index (χ2v) is 3.01. The largest absolute Gasteiger partial charge is 0.370 e. The molecule has 1 rings (SSSR count). The smallest absolute Gasteiger partial charge is 0.219 e. The van der Waals surface area contributed by atoms with E-state index >= 15 is 0 Å². The summed E-state index contributed by atoms with van der Waals surface area (Å²) in [6, 6.07) is 1.49. The average Bonchev–Trinajstić information content (AvgIpc) is 2.03. The number of amides is 1. The van der Waals surface area contributed by atoms with Crippen molar-refractivity contribution in [1.82, 2.24) is 4.98 Å². The van der Waals surface area contributed by atoms with Crippen LogP contribution in [0.4, 0.5) is 0 Å². The van der Waals surface area contributed by atoms with Gasteiger partial charge in [-0.3, -0.25) is 9.78 Å². The van der Waals surface area contributed by atoms with Crippen LogP contribution in [0.25, 0.3) is 0 Å². The lowest BCUT2D eigenvalue weighted by Crippen LogP contribution is -2.21. The molecule has 4 nitrogen and oxygen atoms in total. The molecule has 1 atom stereocenters. The van der Waals surface area contributed by atoms with Gasteiger partial charge in [0.2, 0.25) is 5.91 Å². The Labute approximate surface area is 77.0 Å². The molecule has 4 N–H and O–H groups in total. The summed E-state index contributed by atoms with van der Waals surface area (Å²) in [7, 11) is 0. The number of carbonyl (C=O) groups excluding carboxylic acids is 1. The SMILES string of the molecule is Cc1cnccc1C(N)CC(N)=O. The van der Waals surface area contributed by atoms with Crippen molar-refractivity contribution < 1.29 is 4.79 Å². The van der Waals surface area contributed by atoms with E-state index in [1.807, 2.05) is 13.0 Å². The number of rotatable bonds is 3. The number of hydrogen-bond acceptors (Lipinski definition) is 3. The third-order valence-corrected chi connectivity index (χ3v) is 1.88. The fraction of sp³-hybridized carbons (Fsp3) is 0.333. The Hall–Kier alpha value is -1.42. The van der Waals surface area contributed by atoms with Gasteiger partial charge < -0.3 is 11.5 Å². The zero-order chi connectivity index (χ0) is 9.84. The Bertz CT molecular complexity index is 311. The van der Waals surface area contributed by atoms with Gasteiger partial charge >= 0.3 is 0 Å². The molecule has 0 saturated heterocycles. The van der Waals surface area contributed by atoms with Gasteiger partial charge in [-0.25, -0.2) is 0 Å². The number of primary amides is 1. The molecule has 0 fully saturated rings. The molecule has 1 amide bonds. The van der Waals surface area contributed by atoms with E-state index in [0.717, 1.165) is 11.1 Å². The summed E-state index contributed by atoms with van der Waals surface area (Å²) >= 11 is 0. The molecule has 0 spiro atoms. The van der Waals surface area contributed by atoms with Crippen LogP contribution in [0, 0.1) is 6.92 Å². The lowest BCUT2D eigenvalue weighted by Gasteiger charge is -2.11. The molecular formula is C9H13N3O. The summed E-state index contributed by atoms with van der Waals surface area (Å²) in [6.07, 6.45) is 3.55. The molecule has 0 aliphatic carbocycles. The van der Waals surface area contributed by atoms with Gasteiger partial charge in [0.25, 0.3) is 0 Å². The van der Waals surface area contributed by atoms with Crippen molar-refractivity contribution in [2.45, 2.75) is 19.4 Å². The van der Waals surface area contributed by atoms with E-state index in [1.165, 1.54) is 0 Å². The highest BCUT2D eigenvalue weighted by molar-refractivity contribution is 5.74. The first-order chi connectivity index (χ1) is 6.11. The van der Waals surface area contributed by atoms with E-state index in [9.17, 15) is 4.79 Å². The molecule has 13 heavy (non-hydrogen) atoms. The maximum absolute atomic E-state index is 10.6. The number of nitrogens with zero attached hydrogens (tertiary/aromatic N) is 1. The van der Waals surface area contributed by atoms with Gasteiger partial charge in [0.1, 0.15) is 0 Å². The van der Waals surface area contributed by atoms with Crippen LogP contribution in [0.3, 0.4) is 0 Å². The molecule has 1 heterocycles. The Morgan fingerprint density at radius 3 is 2.92 bits per heavy atom.